The van der Waals surface area contributed by atoms with Crippen LogP contribution >= 0.6 is 0 Å². The molecule has 1 aromatic carbocycles. The predicted molar refractivity (Wildman–Crippen MR) is 74.9 cm³/mol. The minimum atomic E-state index is -3.21. The Labute approximate surface area is 117 Å². The lowest BCUT2D eigenvalue weighted by Gasteiger charge is -2.17. The number of hydrogen-bond donors (Lipinski definition) is 2. The summed E-state index contributed by atoms with van der Waals surface area (Å²) in [5.41, 5.74) is 0.986. The van der Waals surface area contributed by atoms with E-state index in [0.717, 1.165) is 0 Å². The van der Waals surface area contributed by atoms with Crippen LogP contribution in [0.15, 0.2) is 24.3 Å². The first-order chi connectivity index (χ1) is 9.44. The molecule has 2 amide bonds. The van der Waals surface area contributed by atoms with Crippen molar-refractivity contribution in [3.05, 3.63) is 24.3 Å². The molecular formula is C12H15N3O4S. The lowest BCUT2D eigenvalue weighted by Crippen LogP contribution is -2.32. The normalized spacial score (nSPS) is 16.8. The first kappa shape index (κ1) is 14.3. The Morgan fingerprint density at radius 3 is 2.30 bits per heavy atom. The van der Waals surface area contributed by atoms with Crippen molar-refractivity contribution in [2.24, 2.45) is 0 Å². The minimum absolute atomic E-state index is 0.155. The van der Waals surface area contributed by atoms with E-state index in [1.54, 1.807) is 24.3 Å². The SMILES string of the molecule is CNC(=O)C(=O)Nc1ccc(N2CCCS2(=O)=O)cc1. The zero-order chi connectivity index (χ0) is 14.8. The van der Waals surface area contributed by atoms with Crippen LogP contribution in [0.5, 0.6) is 0 Å². The van der Waals surface area contributed by atoms with Crippen molar-refractivity contribution in [3.63, 3.8) is 0 Å². The van der Waals surface area contributed by atoms with Crippen molar-refractivity contribution in [1.82, 2.24) is 5.32 Å². The summed E-state index contributed by atoms with van der Waals surface area (Å²) in [6, 6.07) is 6.32. The molecule has 0 atom stereocenters. The van der Waals surface area contributed by atoms with E-state index < -0.39 is 21.8 Å². The number of hydrogen-bond acceptors (Lipinski definition) is 4. The standard InChI is InChI=1S/C12H15N3O4S/c1-13-11(16)12(17)14-9-3-5-10(6-4-9)15-7-2-8-20(15,18)19/h3-6H,2,7-8H2,1H3,(H,13,16)(H,14,17). The van der Waals surface area contributed by atoms with Crippen molar-refractivity contribution in [2.75, 3.05) is 29.0 Å². The molecule has 2 N–H and O–H groups in total. The van der Waals surface area contributed by atoms with Crippen LogP contribution in [0, 0.1) is 0 Å². The summed E-state index contributed by atoms with van der Waals surface area (Å²) in [5.74, 6) is -1.35. The van der Waals surface area contributed by atoms with Crippen molar-refractivity contribution in [2.45, 2.75) is 6.42 Å². The summed E-state index contributed by atoms with van der Waals surface area (Å²) in [5, 5.41) is 4.63. The summed E-state index contributed by atoms with van der Waals surface area (Å²) in [6.45, 7) is 0.465. The minimum Gasteiger partial charge on any atom is -0.351 e. The zero-order valence-corrected chi connectivity index (χ0v) is 11.7. The van der Waals surface area contributed by atoms with Crippen LogP contribution in [-0.2, 0) is 19.6 Å². The fourth-order valence-electron chi connectivity index (χ4n) is 1.94. The molecule has 1 aromatic rings. The second kappa shape index (κ2) is 5.49. The molecule has 8 heteroatoms. The van der Waals surface area contributed by atoms with Gasteiger partial charge in [0.05, 0.1) is 11.4 Å². The van der Waals surface area contributed by atoms with Gasteiger partial charge in [-0.1, -0.05) is 0 Å². The van der Waals surface area contributed by atoms with Crippen molar-refractivity contribution in [1.29, 1.82) is 0 Å². The van der Waals surface area contributed by atoms with Gasteiger partial charge in [0.25, 0.3) is 0 Å². The summed E-state index contributed by atoms with van der Waals surface area (Å²) in [4.78, 5) is 22.4. The third-order valence-corrected chi connectivity index (χ3v) is 4.82. The summed E-state index contributed by atoms with van der Waals surface area (Å²) in [6.07, 6.45) is 0.609. The average Bonchev–Trinajstić information content (AvgIpc) is 2.78. The molecule has 0 radical (unpaired) electrons. The molecule has 7 nitrogen and oxygen atoms in total. The van der Waals surface area contributed by atoms with Crippen LogP contribution in [0.3, 0.4) is 0 Å². The van der Waals surface area contributed by atoms with Crippen LogP contribution in [0.4, 0.5) is 11.4 Å². The van der Waals surface area contributed by atoms with E-state index in [4.69, 9.17) is 0 Å². The van der Waals surface area contributed by atoms with E-state index in [2.05, 4.69) is 10.6 Å². The molecule has 2 rings (SSSR count). The highest BCUT2D eigenvalue weighted by Gasteiger charge is 2.28. The molecule has 0 bridgehead atoms. The van der Waals surface area contributed by atoms with Crippen LogP contribution < -0.4 is 14.9 Å². The Morgan fingerprint density at radius 1 is 1.15 bits per heavy atom. The van der Waals surface area contributed by atoms with Gasteiger partial charge in [0.2, 0.25) is 10.0 Å². The van der Waals surface area contributed by atoms with Crippen LogP contribution in [-0.4, -0.2) is 39.6 Å². The monoisotopic (exact) mass is 297 g/mol. The molecule has 108 valence electrons. The van der Waals surface area contributed by atoms with E-state index in [1.807, 2.05) is 0 Å². The van der Waals surface area contributed by atoms with Gasteiger partial charge in [-0.25, -0.2) is 8.42 Å². The second-order valence-corrected chi connectivity index (χ2v) is 6.33. The van der Waals surface area contributed by atoms with Gasteiger partial charge in [-0.3, -0.25) is 13.9 Å². The van der Waals surface area contributed by atoms with Crippen molar-refractivity contribution >= 4 is 33.2 Å². The smallest absolute Gasteiger partial charge is 0.313 e. The molecule has 0 unspecified atom stereocenters. The number of carbonyl (C=O) groups excluding carboxylic acids is 2. The van der Waals surface area contributed by atoms with E-state index >= 15 is 0 Å². The first-order valence-electron chi connectivity index (χ1n) is 6.07. The largest absolute Gasteiger partial charge is 0.351 e. The number of nitrogens with one attached hydrogen (secondary N) is 2. The Hall–Kier alpha value is -2.09. The molecule has 0 spiro atoms. The number of amides is 2. The number of benzene rings is 1. The molecule has 1 fully saturated rings. The predicted octanol–water partition coefficient (Wildman–Crippen LogP) is -0.0890. The van der Waals surface area contributed by atoms with Gasteiger partial charge in [0.1, 0.15) is 0 Å². The Morgan fingerprint density at radius 2 is 1.80 bits per heavy atom. The maximum atomic E-state index is 11.8. The first-order valence-corrected chi connectivity index (χ1v) is 7.68. The molecule has 1 aliphatic rings. The number of anilines is 2. The molecule has 0 aliphatic carbocycles. The highest BCUT2D eigenvalue weighted by atomic mass is 32.2. The molecule has 20 heavy (non-hydrogen) atoms. The van der Waals surface area contributed by atoms with Crippen LogP contribution in [0.1, 0.15) is 6.42 Å². The van der Waals surface area contributed by atoms with E-state index in [0.29, 0.717) is 24.3 Å². The lowest BCUT2D eigenvalue weighted by molar-refractivity contribution is -0.135. The van der Waals surface area contributed by atoms with E-state index in [9.17, 15) is 18.0 Å². The summed E-state index contributed by atoms with van der Waals surface area (Å²) in [7, 11) is -1.85. The number of nitrogens with zero attached hydrogens (tertiary/aromatic N) is 1. The van der Waals surface area contributed by atoms with Gasteiger partial charge in [0.15, 0.2) is 0 Å². The summed E-state index contributed by atoms with van der Waals surface area (Å²) >= 11 is 0. The third-order valence-electron chi connectivity index (χ3n) is 2.95. The number of likely N-dealkylation sites (N-methyl/N-ethyl adjacent to an activating group) is 1. The lowest BCUT2D eigenvalue weighted by atomic mass is 10.2. The highest BCUT2D eigenvalue weighted by molar-refractivity contribution is 7.93. The fourth-order valence-corrected chi connectivity index (χ4v) is 3.51. The van der Waals surface area contributed by atoms with Gasteiger partial charge in [0, 0.05) is 19.3 Å². The van der Waals surface area contributed by atoms with Crippen LogP contribution in [0.2, 0.25) is 0 Å². The molecule has 0 saturated carbocycles. The molecular weight excluding hydrogens is 282 g/mol. The Bertz CT molecular complexity index is 625. The number of sulfonamides is 1. The third kappa shape index (κ3) is 2.90. The van der Waals surface area contributed by atoms with E-state index in [1.165, 1.54) is 11.4 Å². The maximum Gasteiger partial charge on any atom is 0.313 e. The molecule has 1 aliphatic heterocycles. The molecule has 0 aromatic heterocycles. The molecule has 1 heterocycles. The quantitative estimate of drug-likeness (QED) is 0.746. The van der Waals surface area contributed by atoms with Crippen molar-refractivity contribution < 1.29 is 18.0 Å². The average molecular weight is 297 g/mol. The van der Waals surface area contributed by atoms with Gasteiger partial charge < -0.3 is 10.6 Å². The fraction of sp³-hybridized carbons (Fsp3) is 0.333. The maximum absolute atomic E-state index is 11.8. The topological polar surface area (TPSA) is 95.6 Å². The van der Waals surface area contributed by atoms with E-state index in [-0.39, 0.29) is 5.75 Å². The van der Waals surface area contributed by atoms with Crippen LogP contribution in [0.25, 0.3) is 0 Å². The Balaban J connectivity index is 2.11. The highest BCUT2D eigenvalue weighted by Crippen LogP contribution is 2.25. The second-order valence-electron chi connectivity index (χ2n) is 4.32. The van der Waals surface area contributed by atoms with Gasteiger partial charge in [-0.2, -0.15) is 0 Å². The van der Waals surface area contributed by atoms with Gasteiger partial charge in [-0.15, -0.1) is 0 Å². The van der Waals surface area contributed by atoms with Gasteiger partial charge >= 0.3 is 11.8 Å². The van der Waals surface area contributed by atoms with Crippen molar-refractivity contribution in [3.8, 4) is 0 Å². The summed E-state index contributed by atoms with van der Waals surface area (Å²) < 4.78 is 24.9. The number of rotatable bonds is 2. The zero-order valence-electron chi connectivity index (χ0n) is 10.9. The molecule has 1 saturated heterocycles. The number of carbonyl (C=O) groups is 2. The van der Waals surface area contributed by atoms with Gasteiger partial charge in [-0.05, 0) is 30.7 Å². The Kier molecular flexibility index (Phi) is 3.93.